The Morgan fingerprint density at radius 3 is 2.68 bits per heavy atom. The molecule has 106 valence electrons. The summed E-state index contributed by atoms with van der Waals surface area (Å²) in [6.07, 6.45) is 1.01. The Labute approximate surface area is 111 Å². The molecule has 19 heavy (non-hydrogen) atoms. The van der Waals surface area contributed by atoms with E-state index in [2.05, 4.69) is 10.5 Å². The highest BCUT2D eigenvalue weighted by Crippen LogP contribution is 2.20. The van der Waals surface area contributed by atoms with Crippen LogP contribution in [0.4, 0.5) is 10.7 Å². The van der Waals surface area contributed by atoms with Crippen molar-refractivity contribution in [3.63, 3.8) is 0 Å². The highest BCUT2D eigenvalue weighted by Gasteiger charge is 2.23. The minimum absolute atomic E-state index is 0.0579. The highest BCUT2D eigenvalue weighted by atomic mass is 16.6. The smallest absolute Gasteiger partial charge is 0.414 e. The molecule has 1 aromatic rings. The molecular weight excluding hydrogens is 252 g/mol. The van der Waals surface area contributed by atoms with Crippen molar-refractivity contribution in [3.05, 3.63) is 11.3 Å². The van der Waals surface area contributed by atoms with Gasteiger partial charge in [-0.3, -0.25) is 5.32 Å². The van der Waals surface area contributed by atoms with E-state index in [-0.39, 0.29) is 18.1 Å². The molecule has 7 nitrogen and oxygen atoms in total. The summed E-state index contributed by atoms with van der Waals surface area (Å²) in [5, 5.41) is 5.96. The molecule has 1 heterocycles. The van der Waals surface area contributed by atoms with Gasteiger partial charge in [0.15, 0.2) is 0 Å². The van der Waals surface area contributed by atoms with Crippen molar-refractivity contribution >= 4 is 17.9 Å². The molecule has 0 atom stereocenters. The summed E-state index contributed by atoms with van der Waals surface area (Å²) in [6.45, 7) is 5.80. The molecule has 1 amide bonds. The number of hydrogen-bond donors (Lipinski definition) is 1. The first-order valence-corrected chi connectivity index (χ1v) is 6.17. The van der Waals surface area contributed by atoms with Gasteiger partial charge in [-0.2, -0.15) is 0 Å². The van der Waals surface area contributed by atoms with Crippen molar-refractivity contribution in [2.45, 2.75) is 33.6 Å². The lowest BCUT2D eigenvalue weighted by atomic mass is 10.2. The van der Waals surface area contributed by atoms with Gasteiger partial charge in [-0.05, 0) is 20.3 Å². The van der Waals surface area contributed by atoms with E-state index in [9.17, 15) is 9.59 Å². The summed E-state index contributed by atoms with van der Waals surface area (Å²) in [7, 11) is 0. The number of carbonyl (C=O) groups excluding carboxylic acids is 2. The van der Waals surface area contributed by atoms with Crippen LogP contribution in [0.15, 0.2) is 4.52 Å². The van der Waals surface area contributed by atoms with E-state index in [1.807, 2.05) is 6.92 Å². The third kappa shape index (κ3) is 4.27. The van der Waals surface area contributed by atoms with Crippen molar-refractivity contribution in [3.8, 4) is 0 Å². The fourth-order valence-electron chi connectivity index (χ4n) is 1.34. The molecule has 0 bridgehead atoms. The van der Waals surface area contributed by atoms with Crippen LogP contribution in [0.3, 0.4) is 0 Å². The number of carbonyl (C=O) groups is 2. The lowest BCUT2D eigenvalue weighted by Crippen LogP contribution is -2.16. The molecule has 0 aliphatic carbocycles. The number of esters is 1. The maximum atomic E-state index is 11.7. The Hall–Kier alpha value is -2.05. The normalized spacial score (nSPS) is 10.1. The Morgan fingerprint density at radius 1 is 1.32 bits per heavy atom. The van der Waals surface area contributed by atoms with Crippen LogP contribution in [-0.4, -0.2) is 30.4 Å². The van der Waals surface area contributed by atoms with Crippen molar-refractivity contribution in [1.82, 2.24) is 5.16 Å². The van der Waals surface area contributed by atoms with Crippen LogP contribution >= 0.6 is 0 Å². The maximum Gasteiger partial charge on any atom is 0.414 e. The molecule has 0 saturated carbocycles. The molecule has 1 rings (SSSR count). The predicted molar refractivity (Wildman–Crippen MR) is 67.1 cm³/mol. The average Bonchev–Trinajstić information content (AvgIpc) is 2.71. The third-order valence-electron chi connectivity index (χ3n) is 2.29. The van der Waals surface area contributed by atoms with Crippen LogP contribution in [0.1, 0.15) is 42.7 Å². The number of hydrogen-bond acceptors (Lipinski definition) is 6. The summed E-state index contributed by atoms with van der Waals surface area (Å²) < 4.78 is 14.6. The summed E-state index contributed by atoms with van der Waals surface area (Å²) in [6, 6.07) is 0. The van der Waals surface area contributed by atoms with Crippen LogP contribution in [0.2, 0.25) is 0 Å². The zero-order valence-electron chi connectivity index (χ0n) is 11.3. The van der Waals surface area contributed by atoms with E-state index in [1.165, 1.54) is 0 Å². The first kappa shape index (κ1) is 15.0. The molecule has 0 aliphatic heterocycles. The van der Waals surface area contributed by atoms with Crippen LogP contribution in [0, 0.1) is 6.92 Å². The van der Waals surface area contributed by atoms with Gasteiger partial charge in [0.25, 0.3) is 0 Å². The summed E-state index contributed by atoms with van der Waals surface area (Å²) in [5.74, 6) is -0.650. The third-order valence-corrected chi connectivity index (χ3v) is 2.29. The molecule has 0 radical (unpaired) electrons. The van der Waals surface area contributed by atoms with Crippen molar-refractivity contribution in [1.29, 1.82) is 0 Å². The second-order valence-electron chi connectivity index (χ2n) is 3.81. The molecule has 0 fully saturated rings. The van der Waals surface area contributed by atoms with Crippen LogP contribution in [-0.2, 0) is 9.47 Å². The second kappa shape index (κ2) is 7.40. The Morgan fingerprint density at radius 2 is 2.05 bits per heavy atom. The molecule has 0 spiro atoms. The second-order valence-corrected chi connectivity index (χ2v) is 3.81. The van der Waals surface area contributed by atoms with Crippen LogP contribution in [0.25, 0.3) is 0 Å². The zero-order chi connectivity index (χ0) is 14.3. The van der Waals surface area contributed by atoms with E-state index in [0.29, 0.717) is 12.3 Å². The highest BCUT2D eigenvalue weighted by molar-refractivity contribution is 5.98. The zero-order valence-corrected chi connectivity index (χ0v) is 11.3. The van der Waals surface area contributed by atoms with Crippen molar-refractivity contribution < 1.29 is 23.6 Å². The van der Waals surface area contributed by atoms with Gasteiger partial charge in [0.1, 0.15) is 5.56 Å². The maximum absolute atomic E-state index is 11.7. The van der Waals surface area contributed by atoms with E-state index in [1.54, 1.807) is 13.8 Å². The standard InChI is InChI=1S/C12H18N2O5/c1-4-6-7-18-12(16)13-10-9(8(3)14-19-10)11(15)17-5-2/h4-7H2,1-3H3,(H,13,16). The first-order valence-electron chi connectivity index (χ1n) is 6.17. The summed E-state index contributed by atoms with van der Waals surface area (Å²) >= 11 is 0. The predicted octanol–water partition coefficient (Wildman–Crippen LogP) is 2.51. The van der Waals surface area contributed by atoms with Gasteiger partial charge in [-0.15, -0.1) is 0 Å². The first-order chi connectivity index (χ1) is 9.10. The van der Waals surface area contributed by atoms with Crippen molar-refractivity contribution in [2.24, 2.45) is 0 Å². The number of nitrogens with zero attached hydrogens (tertiary/aromatic N) is 1. The Balaban J connectivity index is 2.68. The topological polar surface area (TPSA) is 90.7 Å². The van der Waals surface area contributed by atoms with Crippen molar-refractivity contribution in [2.75, 3.05) is 18.5 Å². The fraction of sp³-hybridized carbons (Fsp3) is 0.583. The number of amides is 1. The summed E-state index contributed by atoms with van der Waals surface area (Å²) in [4.78, 5) is 23.1. The minimum Gasteiger partial charge on any atom is -0.462 e. The lowest BCUT2D eigenvalue weighted by molar-refractivity contribution is 0.0526. The van der Waals surface area contributed by atoms with Gasteiger partial charge in [0.05, 0.1) is 18.9 Å². The van der Waals surface area contributed by atoms with Gasteiger partial charge in [-0.25, -0.2) is 9.59 Å². The Kier molecular flexibility index (Phi) is 5.84. The molecular formula is C12H18N2O5. The largest absolute Gasteiger partial charge is 0.462 e. The quantitative estimate of drug-likeness (QED) is 0.631. The monoisotopic (exact) mass is 270 g/mol. The molecule has 1 aromatic heterocycles. The lowest BCUT2D eigenvalue weighted by Gasteiger charge is -2.05. The van der Waals surface area contributed by atoms with E-state index >= 15 is 0 Å². The minimum atomic E-state index is -0.685. The molecule has 0 saturated heterocycles. The van der Waals surface area contributed by atoms with Gasteiger partial charge < -0.3 is 14.0 Å². The van der Waals surface area contributed by atoms with Gasteiger partial charge >= 0.3 is 12.1 Å². The van der Waals surface area contributed by atoms with Crippen LogP contribution in [0.5, 0.6) is 0 Å². The number of nitrogens with one attached hydrogen (secondary N) is 1. The van der Waals surface area contributed by atoms with E-state index < -0.39 is 12.1 Å². The molecule has 0 aromatic carbocycles. The Bertz CT molecular complexity index is 441. The number of aryl methyl sites for hydroxylation is 1. The van der Waals surface area contributed by atoms with Crippen LogP contribution < -0.4 is 5.32 Å². The number of unbranched alkanes of at least 4 members (excludes halogenated alkanes) is 1. The van der Waals surface area contributed by atoms with Gasteiger partial charge in [-0.1, -0.05) is 18.5 Å². The van der Waals surface area contributed by atoms with Gasteiger partial charge in [0.2, 0.25) is 5.88 Å². The average molecular weight is 270 g/mol. The number of aromatic nitrogens is 1. The number of anilines is 1. The van der Waals surface area contributed by atoms with E-state index in [0.717, 1.165) is 12.8 Å². The fourth-order valence-corrected chi connectivity index (χ4v) is 1.34. The van der Waals surface area contributed by atoms with Gasteiger partial charge in [0, 0.05) is 0 Å². The molecule has 0 unspecified atom stereocenters. The van der Waals surface area contributed by atoms with E-state index in [4.69, 9.17) is 14.0 Å². The SMILES string of the molecule is CCCCOC(=O)Nc1onc(C)c1C(=O)OCC. The summed E-state index contributed by atoms with van der Waals surface area (Å²) in [5.41, 5.74) is 0.455. The molecule has 1 N–H and O–H groups in total. The molecule has 0 aliphatic rings. The molecule has 7 heteroatoms. The number of ether oxygens (including phenoxy) is 2. The number of rotatable bonds is 6.